The number of rotatable bonds is 4. The third-order valence-electron chi connectivity index (χ3n) is 3.51. The first-order chi connectivity index (χ1) is 10.7. The maximum Gasteiger partial charge on any atom is 0.320 e. The second kappa shape index (κ2) is 7.38. The van der Waals surface area contributed by atoms with E-state index in [1.54, 1.807) is 0 Å². The minimum absolute atomic E-state index is 0.160. The maximum absolute atomic E-state index is 13.0. The van der Waals surface area contributed by atoms with Crippen LogP contribution < -0.4 is 0 Å². The van der Waals surface area contributed by atoms with Crippen LogP contribution in [0.5, 0.6) is 0 Å². The summed E-state index contributed by atoms with van der Waals surface area (Å²) in [6, 6.07) is 5.69. The Balaban J connectivity index is 1.92. The van der Waals surface area contributed by atoms with Gasteiger partial charge in [0.25, 0.3) is 0 Å². The van der Waals surface area contributed by atoms with Gasteiger partial charge in [-0.2, -0.15) is 0 Å². The molecule has 0 amide bonds. The monoisotopic (exact) mass is 325 g/mol. The standard InChI is InChI=1S/C17H24FNO4/c1-17(2,3)23-15(20)11-19-8-9-22-14(10-19)16(21)12-4-6-13(18)7-5-12/h4-7,14,16,21H,8-11H2,1-3H3/t14-,16-/m1/s1. The normalized spacial score (nSPS) is 21.0. The summed E-state index contributed by atoms with van der Waals surface area (Å²) in [6.07, 6.45) is -1.33. The van der Waals surface area contributed by atoms with E-state index in [-0.39, 0.29) is 18.3 Å². The van der Waals surface area contributed by atoms with Gasteiger partial charge in [0, 0.05) is 13.1 Å². The fourth-order valence-corrected chi connectivity index (χ4v) is 2.50. The zero-order valence-corrected chi connectivity index (χ0v) is 13.8. The number of hydrogen-bond acceptors (Lipinski definition) is 5. The van der Waals surface area contributed by atoms with Gasteiger partial charge in [-0.05, 0) is 38.5 Å². The summed E-state index contributed by atoms with van der Waals surface area (Å²) in [7, 11) is 0. The van der Waals surface area contributed by atoms with Crippen LogP contribution in [0.15, 0.2) is 24.3 Å². The summed E-state index contributed by atoms with van der Waals surface area (Å²) in [6.45, 7) is 7.07. The molecule has 1 N–H and O–H groups in total. The minimum Gasteiger partial charge on any atom is -0.459 e. The van der Waals surface area contributed by atoms with Crippen molar-refractivity contribution in [3.8, 4) is 0 Å². The van der Waals surface area contributed by atoms with E-state index in [4.69, 9.17) is 9.47 Å². The Morgan fingerprint density at radius 3 is 2.70 bits per heavy atom. The number of esters is 1. The topological polar surface area (TPSA) is 59.0 Å². The number of halogens is 1. The lowest BCUT2D eigenvalue weighted by Gasteiger charge is -2.35. The number of hydrogen-bond donors (Lipinski definition) is 1. The smallest absolute Gasteiger partial charge is 0.320 e. The Morgan fingerprint density at radius 2 is 2.09 bits per heavy atom. The summed E-state index contributed by atoms with van der Waals surface area (Å²) in [5, 5.41) is 10.4. The van der Waals surface area contributed by atoms with Gasteiger partial charge >= 0.3 is 5.97 Å². The Labute approximate surface area is 136 Å². The molecule has 23 heavy (non-hydrogen) atoms. The van der Waals surface area contributed by atoms with E-state index in [9.17, 15) is 14.3 Å². The van der Waals surface area contributed by atoms with Crippen molar-refractivity contribution in [3.05, 3.63) is 35.6 Å². The fourth-order valence-electron chi connectivity index (χ4n) is 2.50. The summed E-state index contributed by atoms with van der Waals surface area (Å²) in [5.41, 5.74) is 0.0756. The van der Waals surface area contributed by atoms with Crippen molar-refractivity contribution >= 4 is 5.97 Å². The zero-order chi connectivity index (χ0) is 17.0. The van der Waals surface area contributed by atoms with Crippen LogP contribution >= 0.6 is 0 Å². The number of benzene rings is 1. The highest BCUT2D eigenvalue weighted by Crippen LogP contribution is 2.22. The van der Waals surface area contributed by atoms with E-state index in [0.29, 0.717) is 25.3 Å². The third-order valence-corrected chi connectivity index (χ3v) is 3.51. The summed E-state index contributed by atoms with van der Waals surface area (Å²) >= 11 is 0. The number of morpholine rings is 1. The molecule has 0 unspecified atom stereocenters. The Kier molecular flexibility index (Phi) is 5.73. The quantitative estimate of drug-likeness (QED) is 0.857. The van der Waals surface area contributed by atoms with E-state index in [2.05, 4.69) is 0 Å². The van der Waals surface area contributed by atoms with Gasteiger partial charge in [-0.25, -0.2) is 4.39 Å². The fraction of sp³-hybridized carbons (Fsp3) is 0.588. The average molecular weight is 325 g/mol. The van der Waals surface area contributed by atoms with Crippen molar-refractivity contribution in [1.82, 2.24) is 4.90 Å². The van der Waals surface area contributed by atoms with Gasteiger partial charge in [0.2, 0.25) is 0 Å². The number of carbonyl (C=O) groups is 1. The van der Waals surface area contributed by atoms with Gasteiger partial charge in [0.1, 0.15) is 23.6 Å². The molecule has 0 bridgehead atoms. The Bertz CT molecular complexity index is 526. The molecule has 0 spiro atoms. The highest BCUT2D eigenvalue weighted by Gasteiger charge is 2.29. The molecule has 1 aromatic carbocycles. The average Bonchev–Trinajstić information content (AvgIpc) is 2.45. The maximum atomic E-state index is 13.0. The number of nitrogens with zero attached hydrogens (tertiary/aromatic N) is 1. The second-order valence-electron chi connectivity index (χ2n) is 6.73. The Morgan fingerprint density at radius 1 is 1.43 bits per heavy atom. The minimum atomic E-state index is -0.864. The molecule has 0 saturated carbocycles. The molecular weight excluding hydrogens is 301 g/mol. The van der Waals surface area contributed by atoms with Crippen LogP contribution in [0.2, 0.25) is 0 Å². The highest BCUT2D eigenvalue weighted by atomic mass is 19.1. The van der Waals surface area contributed by atoms with Gasteiger partial charge in [0.05, 0.1) is 13.2 Å². The van der Waals surface area contributed by atoms with Crippen molar-refractivity contribution < 1.29 is 23.8 Å². The highest BCUT2D eigenvalue weighted by molar-refractivity contribution is 5.72. The number of aliphatic hydroxyl groups excluding tert-OH is 1. The SMILES string of the molecule is CC(C)(C)OC(=O)CN1CCO[C@@H]([C@H](O)c2ccc(F)cc2)C1. The van der Waals surface area contributed by atoms with Crippen LogP contribution in [0.25, 0.3) is 0 Å². The summed E-state index contributed by atoms with van der Waals surface area (Å²) in [5.74, 6) is -0.647. The number of carbonyl (C=O) groups excluding carboxylic acids is 1. The molecule has 1 aromatic rings. The molecule has 1 aliphatic heterocycles. The Hall–Kier alpha value is -1.50. The molecule has 128 valence electrons. The van der Waals surface area contributed by atoms with E-state index < -0.39 is 17.8 Å². The molecule has 6 heteroatoms. The molecular formula is C17H24FNO4. The first-order valence-electron chi connectivity index (χ1n) is 7.74. The van der Waals surface area contributed by atoms with E-state index in [0.717, 1.165) is 0 Å². The molecule has 1 aliphatic rings. The first kappa shape index (κ1) is 17.8. The third kappa shape index (κ3) is 5.57. The van der Waals surface area contributed by atoms with E-state index >= 15 is 0 Å². The molecule has 2 atom stereocenters. The van der Waals surface area contributed by atoms with Crippen LogP contribution in [0.1, 0.15) is 32.4 Å². The summed E-state index contributed by atoms with van der Waals surface area (Å²) in [4.78, 5) is 13.8. The molecule has 1 fully saturated rings. The van der Waals surface area contributed by atoms with Gasteiger partial charge in [-0.3, -0.25) is 9.69 Å². The largest absolute Gasteiger partial charge is 0.459 e. The van der Waals surface area contributed by atoms with Crippen LogP contribution in [0.3, 0.4) is 0 Å². The van der Waals surface area contributed by atoms with Crippen LogP contribution in [0.4, 0.5) is 4.39 Å². The summed E-state index contributed by atoms with van der Waals surface area (Å²) < 4.78 is 23.9. The number of ether oxygens (including phenoxy) is 2. The molecule has 5 nitrogen and oxygen atoms in total. The lowest BCUT2D eigenvalue weighted by Crippen LogP contribution is -2.47. The van der Waals surface area contributed by atoms with Crippen molar-refractivity contribution in [3.63, 3.8) is 0 Å². The van der Waals surface area contributed by atoms with E-state index in [1.807, 2.05) is 25.7 Å². The van der Waals surface area contributed by atoms with Crippen LogP contribution in [-0.2, 0) is 14.3 Å². The lowest BCUT2D eigenvalue weighted by atomic mass is 10.0. The molecule has 0 aromatic heterocycles. The zero-order valence-electron chi connectivity index (χ0n) is 13.8. The lowest BCUT2D eigenvalue weighted by molar-refractivity contribution is -0.159. The molecule has 1 saturated heterocycles. The van der Waals surface area contributed by atoms with Gasteiger partial charge in [-0.15, -0.1) is 0 Å². The van der Waals surface area contributed by atoms with Crippen LogP contribution in [-0.4, -0.2) is 53.9 Å². The van der Waals surface area contributed by atoms with Crippen molar-refractivity contribution in [2.75, 3.05) is 26.2 Å². The van der Waals surface area contributed by atoms with Crippen molar-refractivity contribution in [2.45, 2.75) is 38.6 Å². The van der Waals surface area contributed by atoms with Gasteiger partial charge < -0.3 is 14.6 Å². The second-order valence-corrected chi connectivity index (χ2v) is 6.73. The number of aliphatic hydroxyl groups is 1. The van der Waals surface area contributed by atoms with E-state index in [1.165, 1.54) is 24.3 Å². The molecule has 1 heterocycles. The van der Waals surface area contributed by atoms with Gasteiger partial charge in [0.15, 0.2) is 0 Å². The van der Waals surface area contributed by atoms with Crippen molar-refractivity contribution in [1.29, 1.82) is 0 Å². The first-order valence-corrected chi connectivity index (χ1v) is 7.74. The van der Waals surface area contributed by atoms with Crippen molar-refractivity contribution in [2.24, 2.45) is 0 Å². The predicted molar refractivity (Wildman–Crippen MR) is 83.4 cm³/mol. The molecule has 0 radical (unpaired) electrons. The predicted octanol–water partition coefficient (Wildman–Crippen LogP) is 1.90. The van der Waals surface area contributed by atoms with Gasteiger partial charge in [-0.1, -0.05) is 12.1 Å². The molecule has 2 rings (SSSR count). The van der Waals surface area contributed by atoms with Crippen LogP contribution in [0, 0.1) is 5.82 Å². The molecule has 0 aliphatic carbocycles.